The highest BCUT2D eigenvalue weighted by Gasteiger charge is 2.17. The van der Waals surface area contributed by atoms with Gasteiger partial charge >= 0.3 is 0 Å². The van der Waals surface area contributed by atoms with Crippen LogP contribution in [0.4, 0.5) is 5.69 Å². The molecule has 26 heavy (non-hydrogen) atoms. The lowest BCUT2D eigenvalue weighted by Crippen LogP contribution is -2.39. The first-order chi connectivity index (χ1) is 12.4. The Morgan fingerprint density at radius 3 is 2.31 bits per heavy atom. The Morgan fingerprint density at radius 2 is 1.73 bits per heavy atom. The number of carbonyl (C=O) groups is 1. The summed E-state index contributed by atoms with van der Waals surface area (Å²) in [4.78, 5) is 11.9. The van der Waals surface area contributed by atoms with Crippen molar-refractivity contribution in [2.24, 2.45) is 0 Å². The molecule has 2 aromatic rings. The predicted octanol–water partition coefficient (Wildman–Crippen LogP) is 2.21. The summed E-state index contributed by atoms with van der Waals surface area (Å²) >= 11 is 0. The highest BCUT2D eigenvalue weighted by atomic mass is 32.2. The maximum absolute atomic E-state index is 12.1. The van der Waals surface area contributed by atoms with Crippen molar-refractivity contribution in [2.75, 3.05) is 30.3 Å². The van der Waals surface area contributed by atoms with Gasteiger partial charge in [-0.3, -0.25) is 9.10 Å². The molecule has 2 aromatic carbocycles. The number of carbonyl (C=O) groups excluding carboxylic acids is 1. The topological polar surface area (TPSA) is 75.7 Å². The highest BCUT2D eigenvalue weighted by molar-refractivity contribution is 7.92. The molecule has 0 aliphatic carbocycles. The number of rotatable bonds is 9. The van der Waals surface area contributed by atoms with E-state index in [1.54, 1.807) is 24.3 Å². The summed E-state index contributed by atoms with van der Waals surface area (Å²) in [6.45, 7) is 2.27. The van der Waals surface area contributed by atoms with Crippen LogP contribution in [-0.4, -0.2) is 40.3 Å². The van der Waals surface area contributed by atoms with E-state index in [9.17, 15) is 13.2 Å². The third kappa shape index (κ3) is 6.07. The van der Waals surface area contributed by atoms with E-state index in [-0.39, 0.29) is 25.6 Å². The largest absolute Gasteiger partial charge is 0.484 e. The molecule has 2 rings (SSSR count). The van der Waals surface area contributed by atoms with Crippen molar-refractivity contribution in [3.05, 3.63) is 60.2 Å². The molecule has 6 nitrogen and oxygen atoms in total. The van der Waals surface area contributed by atoms with Crippen LogP contribution in [0.25, 0.3) is 0 Å². The van der Waals surface area contributed by atoms with Gasteiger partial charge in [-0.25, -0.2) is 8.42 Å². The van der Waals surface area contributed by atoms with E-state index in [1.165, 1.54) is 4.31 Å². The Balaban J connectivity index is 1.88. The van der Waals surface area contributed by atoms with E-state index < -0.39 is 10.0 Å². The summed E-state index contributed by atoms with van der Waals surface area (Å²) in [5, 5.41) is 2.68. The summed E-state index contributed by atoms with van der Waals surface area (Å²) in [7, 11) is -3.44. The second kappa shape index (κ2) is 9.24. The van der Waals surface area contributed by atoms with Gasteiger partial charge in [-0.05, 0) is 36.2 Å². The van der Waals surface area contributed by atoms with Crippen LogP contribution in [-0.2, 0) is 21.2 Å². The van der Waals surface area contributed by atoms with Crippen molar-refractivity contribution in [2.45, 2.75) is 13.3 Å². The molecule has 7 heteroatoms. The van der Waals surface area contributed by atoms with Crippen LogP contribution in [0.15, 0.2) is 54.6 Å². The number of hydrogen-bond donors (Lipinski definition) is 1. The number of ether oxygens (including phenoxy) is 1. The van der Waals surface area contributed by atoms with E-state index in [0.717, 1.165) is 18.2 Å². The normalized spacial score (nSPS) is 11.0. The molecule has 0 fully saturated rings. The first-order valence-corrected chi connectivity index (χ1v) is 10.3. The summed E-state index contributed by atoms with van der Waals surface area (Å²) in [6.07, 6.45) is 2.04. The minimum Gasteiger partial charge on any atom is -0.484 e. The molecule has 0 bridgehead atoms. The SMILES string of the molecule is CCc1ccc(N(CCNC(=O)COc2ccccc2)S(C)(=O)=O)cc1. The Kier molecular flexibility index (Phi) is 7.03. The standard InChI is InChI=1S/C19H24N2O4S/c1-3-16-9-11-17(12-10-16)21(26(2,23)24)14-13-20-19(22)15-25-18-7-5-4-6-8-18/h4-12H,3,13-15H2,1-2H3,(H,20,22). The van der Waals surface area contributed by atoms with Crippen molar-refractivity contribution < 1.29 is 17.9 Å². The van der Waals surface area contributed by atoms with Crippen LogP contribution in [0.1, 0.15) is 12.5 Å². The molecular formula is C19H24N2O4S. The Labute approximate surface area is 154 Å². The Bertz CT molecular complexity index is 805. The third-order valence-corrected chi connectivity index (χ3v) is 4.98. The van der Waals surface area contributed by atoms with Gasteiger partial charge in [0.15, 0.2) is 6.61 Å². The first-order valence-electron chi connectivity index (χ1n) is 8.41. The van der Waals surface area contributed by atoms with E-state index in [1.807, 2.05) is 37.3 Å². The van der Waals surface area contributed by atoms with Crippen molar-refractivity contribution in [1.82, 2.24) is 5.32 Å². The van der Waals surface area contributed by atoms with Crippen LogP contribution >= 0.6 is 0 Å². The molecule has 0 aromatic heterocycles. The van der Waals surface area contributed by atoms with Gasteiger partial charge in [0.25, 0.3) is 5.91 Å². The Hall–Kier alpha value is -2.54. The molecule has 1 amide bonds. The minimum absolute atomic E-state index is 0.117. The summed E-state index contributed by atoms with van der Waals surface area (Å²) in [5.74, 6) is 0.306. The monoisotopic (exact) mass is 376 g/mol. The minimum atomic E-state index is -3.44. The molecule has 0 heterocycles. The molecule has 1 N–H and O–H groups in total. The molecule has 0 aliphatic heterocycles. The fourth-order valence-electron chi connectivity index (χ4n) is 2.40. The van der Waals surface area contributed by atoms with Gasteiger partial charge in [0, 0.05) is 6.54 Å². The van der Waals surface area contributed by atoms with Gasteiger partial charge in [-0.1, -0.05) is 37.3 Å². The first kappa shape index (κ1) is 19.8. The zero-order valence-electron chi connectivity index (χ0n) is 15.0. The van der Waals surface area contributed by atoms with E-state index in [0.29, 0.717) is 11.4 Å². The average molecular weight is 376 g/mol. The van der Waals surface area contributed by atoms with E-state index >= 15 is 0 Å². The van der Waals surface area contributed by atoms with Crippen molar-refractivity contribution in [1.29, 1.82) is 0 Å². The number of nitrogens with one attached hydrogen (secondary N) is 1. The molecular weight excluding hydrogens is 352 g/mol. The maximum atomic E-state index is 12.1. The van der Waals surface area contributed by atoms with Gasteiger partial charge < -0.3 is 10.1 Å². The predicted molar refractivity (Wildman–Crippen MR) is 103 cm³/mol. The van der Waals surface area contributed by atoms with Crippen LogP contribution in [0.2, 0.25) is 0 Å². The summed E-state index contributed by atoms with van der Waals surface area (Å²) in [5.41, 5.74) is 1.72. The Morgan fingerprint density at radius 1 is 1.08 bits per heavy atom. The molecule has 0 unspecified atom stereocenters. The van der Waals surface area contributed by atoms with E-state index in [4.69, 9.17) is 4.74 Å². The maximum Gasteiger partial charge on any atom is 0.258 e. The van der Waals surface area contributed by atoms with Gasteiger partial charge in [0.1, 0.15) is 5.75 Å². The number of aryl methyl sites for hydroxylation is 1. The van der Waals surface area contributed by atoms with Gasteiger partial charge in [0.05, 0.1) is 18.5 Å². The summed E-state index contributed by atoms with van der Waals surface area (Å²) < 4.78 is 30.8. The molecule has 0 radical (unpaired) electrons. The van der Waals surface area contributed by atoms with Crippen molar-refractivity contribution in [3.8, 4) is 5.75 Å². The average Bonchev–Trinajstić information content (AvgIpc) is 2.63. The van der Waals surface area contributed by atoms with Crippen LogP contribution in [0.5, 0.6) is 5.75 Å². The molecule has 0 saturated carbocycles. The number of amides is 1. The van der Waals surface area contributed by atoms with Gasteiger partial charge in [0.2, 0.25) is 10.0 Å². The molecule has 0 aliphatic rings. The molecule has 0 spiro atoms. The van der Waals surface area contributed by atoms with Crippen LogP contribution < -0.4 is 14.4 Å². The smallest absolute Gasteiger partial charge is 0.258 e. The molecule has 0 atom stereocenters. The highest BCUT2D eigenvalue weighted by Crippen LogP contribution is 2.18. The lowest BCUT2D eigenvalue weighted by molar-refractivity contribution is -0.123. The fourth-order valence-corrected chi connectivity index (χ4v) is 3.33. The lowest BCUT2D eigenvalue weighted by Gasteiger charge is -2.22. The number of sulfonamides is 1. The summed E-state index contributed by atoms with van der Waals surface area (Å²) in [6, 6.07) is 16.4. The number of para-hydroxylation sites is 1. The number of benzene rings is 2. The quantitative estimate of drug-likeness (QED) is 0.728. The van der Waals surface area contributed by atoms with E-state index in [2.05, 4.69) is 5.32 Å². The molecule has 140 valence electrons. The second-order valence-corrected chi connectivity index (χ2v) is 7.71. The van der Waals surface area contributed by atoms with Crippen molar-refractivity contribution in [3.63, 3.8) is 0 Å². The number of nitrogens with zero attached hydrogens (tertiary/aromatic N) is 1. The zero-order chi connectivity index (χ0) is 19.0. The second-order valence-electron chi connectivity index (χ2n) is 5.81. The fraction of sp³-hybridized carbons (Fsp3) is 0.316. The van der Waals surface area contributed by atoms with Crippen LogP contribution in [0.3, 0.4) is 0 Å². The number of anilines is 1. The van der Waals surface area contributed by atoms with Crippen molar-refractivity contribution >= 4 is 21.6 Å². The van der Waals surface area contributed by atoms with Crippen LogP contribution in [0, 0.1) is 0 Å². The molecule has 0 saturated heterocycles. The lowest BCUT2D eigenvalue weighted by atomic mass is 10.1. The van der Waals surface area contributed by atoms with Gasteiger partial charge in [-0.15, -0.1) is 0 Å². The number of hydrogen-bond acceptors (Lipinski definition) is 4. The zero-order valence-corrected chi connectivity index (χ0v) is 15.8. The third-order valence-electron chi connectivity index (χ3n) is 3.78. The van der Waals surface area contributed by atoms with Gasteiger partial charge in [-0.2, -0.15) is 0 Å².